The van der Waals surface area contributed by atoms with Gasteiger partial charge in [0.05, 0.1) is 5.69 Å². The van der Waals surface area contributed by atoms with Gasteiger partial charge in [-0.05, 0) is 62.1 Å². The van der Waals surface area contributed by atoms with E-state index in [1.165, 1.54) is 11.1 Å². The number of amides is 1. The first-order valence-corrected chi connectivity index (χ1v) is 9.22. The van der Waals surface area contributed by atoms with E-state index in [2.05, 4.69) is 28.2 Å². The topological polar surface area (TPSA) is 61.9 Å². The highest BCUT2D eigenvalue weighted by Gasteiger charge is 2.25. The molecule has 1 amide bonds. The molecule has 134 valence electrons. The van der Waals surface area contributed by atoms with Crippen molar-refractivity contribution in [3.8, 4) is 0 Å². The molecule has 1 aliphatic heterocycles. The van der Waals surface area contributed by atoms with Gasteiger partial charge in [0.2, 0.25) is 5.91 Å². The molecule has 1 aliphatic rings. The molecule has 2 aromatic heterocycles. The van der Waals surface area contributed by atoms with Crippen LogP contribution in [0, 0.1) is 19.8 Å². The molecule has 2 aromatic rings. The van der Waals surface area contributed by atoms with Crippen LogP contribution in [-0.2, 0) is 11.2 Å². The van der Waals surface area contributed by atoms with Crippen molar-refractivity contribution in [2.75, 3.05) is 13.1 Å². The first kappa shape index (κ1) is 17.6. The highest BCUT2D eigenvalue weighted by Crippen LogP contribution is 2.27. The number of carbonyl (C=O) groups is 1. The summed E-state index contributed by atoms with van der Waals surface area (Å²) in [5.41, 5.74) is 4.58. The number of pyridine rings is 1. The van der Waals surface area contributed by atoms with Crippen LogP contribution in [0.25, 0.3) is 0 Å². The van der Waals surface area contributed by atoms with Crippen LogP contribution in [0.3, 0.4) is 0 Å². The van der Waals surface area contributed by atoms with Crippen LogP contribution < -0.4 is 0 Å². The van der Waals surface area contributed by atoms with Crippen LogP contribution in [-0.4, -0.2) is 39.1 Å². The molecule has 0 aromatic carbocycles. The van der Waals surface area contributed by atoms with Crippen molar-refractivity contribution >= 4 is 5.91 Å². The average molecular weight is 340 g/mol. The normalized spacial score (nSPS) is 16.8. The molecule has 3 rings (SSSR count). The largest absolute Gasteiger partial charge is 0.343 e. The molecule has 1 atom stereocenters. The summed E-state index contributed by atoms with van der Waals surface area (Å²) in [5, 5.41) is 7.27. The lowest BCUT2D eigenvalue weighted by molar-refractivity contribution is -0.132. The summed E-state index contributed by atoms with van der Waals surface area (Å²) < 4.78 is 0. The third kappa shape index (κ3) is 4.27. The fourth-order valence-electron chi connectivity index (χ4n) is 4.02. The van der Waals surface area contributed by atoms with Crippen molar-refractivity contribution in [3.63, 3.8) is 0 Å². The van der Waals surface area contributed by atoms with Gasteiger partial charge in [-0.1, -0.05) is 13.0 Å². The molecule has 25 heavy (non-hydrogen) atoms. The summed E-state index contributed by atoms with van der Waals surface area (Å²) in [4.78, 5) is 18.9. The summed E-state index contributed by atoms with van der Waals surface area (Å²) in [6.07, 6.45) is 7.57. The van der Waals surface area contributed by atoms with Crippen LogP contribution in [0.1, 0.15) is 54.6 Å². The van der Waals surface area contributed by atoms with Crippen molar-refractivity contribution in [1.29, 1.82) is 0 Å². The van der Waals surface area contributed by atoms with Gasteiger partial charge in [-0.3, -0.25) is 14.9 Å². The molecule has 0 radical (unpaired) electrons. The van der Waals surface area contributed by atoms with Gasteiger partial charge in [0.15, 0.2) is 0 Å². The SMILES string of the molecule is Cc1n[nH]c(C)c1C(C)CC(=O)N1CCC(Cc2cccnc2)CC1. The number of likely N-dealkylation sites (tertiary alicyclic amines) is 1. The van der Waals surface area contributed by atoms with E-state index < -0.39 is 0 Å². The fourth-order valence-corrected chi connectivity index (χ4v) is 4.02. The zero-order chi connectivity index (χ0) is 17.8. The number of aryl methyl sites for hydroxylation is 2. The second kappa shape index (κ2) is 7.81. The Labute approximate surface area is 149 Å². The van der Waals surface area contributed by atoms with E-state index in [1.807, 2.05) is 37.2 Å². The van der Waals surface area contributed by atoms with Crippen LogP contribution in [0.2, 0.25) is 0 Å². The molecule has 1 fully saturated rings. The summed E-state index contributed by atoms with van der Waals surface area (Å²) in [6, 6.07) is 4.14. The van der Waals surface area contributed by atoms with Gasteiger partial charge >= 0.3 is 0 Å². The maximum Gasteiger partial charge on any atom is 0.223 e. The number of aromatic amines is 1. The van der Waals surface area contributed by atoms with Gasteiger partial charge in [0.25, 0.3) is 0 Å². The molecule has 0 aliphatic carbocycles. The number of nitrogens with zero attached hydrogens (tertiary/aromatic N) is 3. The molecule has 1 unspecified atom stereocenters. The van der Waals surface area contributed by atoms with Gasteiger partial charge in [0.1, 0.15) is 0 Å². The van der Waals surface area contributed by atoms with E-state index >= 15 is 0 Å². The standard InChI is InChI=1S/C20H28N4O/c1-14(20-15(2)22-23-16(20)3)11-19(25)24-9-6-17(7-10-24)12-18-5-4-8-21-13-18/h4-5,8,13-14,17H,6-7,9-12H2,1-3H3,(H,22,23). The van der Waals surface area contributed by atoms with Crippen LogP contribution >= 0.6 is 0 Å². The number of rotatable bonds is 5. The fraction of sp³-hybridized carbons (Fsp3) is 0.550. The second-order valence-electron chi connectivity index (χ2n) is 7.34. The highest BCUT2D eigenvalue weighted by molar-refractivity contribution is 5.77. The number of hydrogen-bond acceptors (Lipinski definition) is 3. The molecule has 5 nitrogen and oxygen atoms in total. The number of carbonyl (C=O) groups excluding carboxylic acids is 1. The predicted molar refractivity (Wildman–Crippen MR) is 98.3 cm³/mol. The predicted octanol–water partition coefficient (Wildman–Crippen LogP) is 3.40. The minimum absolute atomic E-state index is 0.208. The number of hydrogen-bond donors (Lipinski definition) is 1. The minimum Gasteiger partial charge on any atom is -0.343 e. The number of nitrogens with one attached hydrogen (secondary N) is 1. The molecule has 3 heterocycles. The third-order valence-electron chi connectivity index (χ3n) is 5.37. The van der Waals surface area contributed by atoms with E-state index in [-0.39, 0.29) is 11.8 Å². The average Bonchev–Trinajstić information content (AvgIpc) is 2.95. The van der Waals surface area contributed by atoms with E-state index in [9.17, 15) is 4.79 Å². The van der Waals surface area contributed by atoms with Gasteiger partial charge < -0.3 is 4.90 Å². The Bertz CT molecular complexity index is 682. The monoisotopic (exact) mass is 340 g/mol. The maximum atomic E-state index is 12.7. The summed E-state index contributed by atoms with van der Waals surface area (Å²) in [6.45, 7) is 7.90. The zero-order valence-electron chi connectivity index (χ0n) is 15.5. The maximum absolute atomic E-state index is 12.7. The number of piperidine rings is 1. The molecule has 0 spiro atoms. The van der Waals surface area contributed by atoms with E-state index in [4.69, 9.17) is 0 Å². The number of aromatic nitrogens is 3. The Kier molecular flexibility index (Phi) is 5.51. The molecular weight excluding hydrogens is 312 g/mol. The van der Waals surface area contributed by atoms with Crippen molar-refractivity contribution in [2.24, 2.45) is 5.92 Å². The molecule has 1 N–H and O–H groups in total. The molecule has 0 bridgehead atoms. The quantitative estimate of drug-likeness (QED) is 0.907. The van der Waals surface area contributed by atoms with E-state index in [1.54, 1.807) is 0 Å². The van der Waals surface area contributed by atoms with Gasteiger partial charge in [-0.25, -0.2) is 0 Å². The molecular formula is C20H28N4O. The first-order chi connectivity index (χ1) is 12.0. The Morgan fingerprint density at radius 1 is 1.36 bits per heavy atom. The highest BCUT2D eigenvalue weighted by atomic mass is 16.2. The van der Waals surface area contributed by atoms with Crippen LogP contribution in [0.4, 0.5) is 0 Å². The Balaban J connectivity index is 1.50. The van der Waals surface area contributed by atoms with Crippen molar-refractivity contribution in [3.05, 3.63) is 47.0 Å². The van der Waals surface area contributed by atoms with Gasteiger partial charge in [0, 0.05) is 37.6 Å². The van der Waals surface area contributed by atoms with Gasteiger partial charge in [-0.15, -0.1) is 0 Å². The Hall–Kier alpha value is -2.17. The van der Waals surface area contributed by atoms with E-state index in [0.717, 1.165) is 43.7 Å². The molecule has 5 heteroatoms. The van der Waals surface area contributed by atoms with Crippen molar-refractivity contribution in [2.45, 2.75) is 52.4 Å². The molecule has 0 saturated carbocycles. The minimum atomic E-state index is 0.208. The smallest absolute Gasteiger partial charge is 0.223 e. The van der Waals surface area contributed by atoms with Gasteiger partial charge in [-0.2, -0.15) is 5.10 Å². The van der Waals surface area contributed by atoms with Crippen LogP contribution in [0.15, 0.2) is 24.5 Å². The van der Waals surface area contributed by atoms with Crippen molar-refractivity contribution in [1.82, 2.24) is 20.1 Å². The lowest BCUT2D eigenvalue weighted by Gasteiger charge is -2.32. The third-order valence-corrected chi connectivity index (χ3v) is 5.37. The van der Waals surface area contributed by atoms with E-state index in [0.29, 0.717) is 12.3 Å². The lowest BCUT2D eigenvalue weighted by Crippen LogP contribution is -2.39. The zero-order valence-corrected chi connectivity index (χ0v) is 15.5. The second-order valence-corrected chi connectivity index (χ2v) is 7.34. The van der Waals surface area contributed by atoms with Crippen LogP contribution in [0.5, 0.6) is 0 Å². The molecule has 1 saturated heterocycles. The summed E-state index contributed by atoms with van der Waals surface area (Å²) >= 11 is 0. The summed E-state index contributed by atoms with van der Waals surface area (Å²) in [7, 11) is 0. The number of H-pyrrole nitrogens is 1. The Morgan fingerprint density at radius 2 is 2.12 bits per heavy atom. The Morgan fingerprint density at radius 3 is 2.72 bits per heavy atom. The van der Waals surface area contributed by atoms with Crippen molar-refractivity contribution < 1.29 is 4.79 Å². The lowest BCUT2D eigenvalue weighted by atomic mass is 9.90. The summed E-state index contributed by atoms with van der Waals surface area (Å²) in [5.74, 6) is 1.13. The first-order valence-electron chi connectivity index (χ1n) is 9.22.